The number of carbonyl (C=O) groups excluding carboxylic acids is 5. The smallest absolute Gasteiger partial charge is 0.287 e. The van der Waals surface area contributed by atoms with Gasteiger partial charge in [-0.15, -0.1) is 0 Å². The molecule has 0 saturated heterocycles. The maximum Gasteiger partial charge on any atom is 0.287 e. The van der Waals surface area contributed by atoms with Crippen molar-refractivity contribution in [3.63, 3.8) is 0 Å². The van der Waals surface area contributed by atoms with Gasteiger partial charge >= 0.3 is 0 Å². The molecule has 0 aromatic carbocycles. The number of likely N-dealkylation sites (N-methyl/N-ethyl adjacent to an activating group) is 1. The molecule has 4 N–H and O–H groups in total. The predicted molar refractivity (Wildman–Crippen MR) is 180 cm³/mol. The Bertz CT molecular complexity index is 1690. The van der Waals surface area contributed by atoms with Crippen LogP contribution in [0.3, 0.4) is 0 Å². The fraction of sp³-hybridized carbons (Fsp3) is 0.543. The molecule has 0 spiro atoms. The van der Waals surface area contributed by atoms with E-state index in [0.717, 1.165) is 37.7 Å². The number of rotatable bonds is 11. The van der Waals surface area contributed by atoms with E-state index in [-0.39, 0.29) is 59.9 Å². The normalized spacial score (nSPS) is 24.9. The van der Waals surface area contributed by atoms with E-state index < -0.39 is 35.1 Å². The van der Waals surface area contributed by atoms with Crippen LogP contribution in [-0.4, -0.2) is 61.0 Å². The summed E-state index contributed by atoms with van der Waals surface area (Å²) in [5, 5.41) is 10.3. The lowest BCUT2D eigenvalue weighted by atomic mass is 9.51. The Morgan fingerprint density at radius 1 is 1.17 bits per heavy atom. The molecule has 0 aliphatic heterocycles. The highest BCUT2D eigenvalue weighted by Gasteiger charge is 2.44. The minimum atomic E-state index is -1.29. The second-order valence-corrected chi connectivity index (χ2v) is 14.0. The summed E-state index contributed by atoms with van der Waals surface area (Å²) in [7, 11) is 7.83. The van der Waals surface area contributed by atoms with Crippen molar-refractivity contribution in [2.75, 3.05) is 12.4 Å². The van der Waals surface area contributed by atoms with Gasteiger partial charge in [-0.05, 0) is 75.0 Å². The first-order chi connectivity index (χ1) is 22.8. The molecule has 3 aliphatic carbocycles. The van der Waals surface area contributed by atoms with E-state index in [9.17, 15) is 28.8 Å². The monoisotopic (exact) mass is 657 g/mol. The SMILES string of the molecule is [B]C1(C)CC2CC(C)C(NC(=O)Cn3cccc(NC(=O)C(CCC(=O)C(=O)NC)NC(=O)c4oc5c(c4C)CCC=C5)c3=O)C(C2)C1. The standard InChI is InChI=1S/C35H44BN5O7/c1-19-14-21-15-22(17-35(3,36)16-21)29(19)40-28(43)18-41-13-7-9-25(34(41)47)39-31(44)24(11-12-26(42)32(45)37-4)38-33(46)30-20(2)23-8-5-6-10-27(23)48-30/h6-7,9-10,13,19,21-22,24,29H,5,8,11-12,14-18H2,1-4H3,(H,37,45)(H,38,46)(H,39,44)(H,40,43). The van der Waals surface area contributed by atoms with Crippen molar-refractivity contribution in [2.45, 2.75) is 96.1 Å². The van der Waals surface area contributed by atoms with Crippen molar-refractivity contribution < 1.29 is 28.4 Å². The number of allylic oxidation sites excluding steroid dienone is 1. The average Bonchev–Trinajstić information content (AvgIpc) is 3.37. The maximum absolute atomic E-state index is 13.5. The van der Waals surface area contributed by atoms with Crippen LogP contribution in [0.15, 0.2) is 33.6 Å². The Morgan fingerprint density at radius 3 is 2.67 bits per heavy atom. The maximum atomic E-state index is 13.5. The minimum Gasteiger partial charge on any atom is -0.451 e. The molecule has 6 atom stereocenters. The van der Waals surface area contributed by atoms with Crippen molar-refractivity contribution in [1.82, 2.24) is 20.5 Å². The lowest BCUT2D eigenvalue weighted by molar-refractivity contribution is -0.137. The van der Waals surface area contributed by atoms with Gasteiger partial charge in [0.1, 0.15) is 24.0 Å². The van der Waals surface area contributed by atoms with E-state index in [1.165, 1.54) is 29.9 Å². The molecule has 13 heteroatoms. The number of hydrogen-bond acceptors (Lipinski definition) is 7. The molecule has 12 nitrogen and oxygen atoms in total. The van der Waals surface area contributed by atoms with Crippen LogP contribution in [0.25, 0.3) is 6.08 Å². The van der Waals surface area contributed by atoms with Crippen LogP contribution >= 0.6 is 0 Å². The zero-order valence-corrected chi connectivity index (χ0v) is 28.0. The van der Waals surface area contributed by atoms with Crippen LogP contribution in [-0.2, 0) is 32.1 Å². The summed E-state index contributed by atoms with van der Waals surface area (Å²) in [4.78, 5) is 77.6. The van der Waals surface area contributed by atoms with Gasteiger partial charge in [-0.2, -0.15) is 0 Å². The van der Waals surface area contributed by atoms with Crippen molar-refractivity contribution in [1.29, 1.82) is 0 Å². The molecule has 4 amide bonds. The van der Waals surface area contributed by atoms with Gasteiger partial charge in [0.25, 0.3) is 17.4 Å². The molecule has 2 bridgehead atoms. The molecule has 6 unspecified atom stereocenters. The van der Waals surface area contributed by atoms with Crippen LogP contribution in [0, 0.1) is 24.7 Å². The fourth-order valence-electron chi connectivity index (χ4n) is 7.82. The largest absolute Gasteiger partial charge is 0.451 e. The predicted octanol–water partition coefficient (Wildman–Crippen LogP) is 2.83. The second-order valence-electron chi connectivity index (χ2n) is 14.0. The molecule has 2 aromatic heterocycles. The number of hydrogen-bond donors (Lipinski definition) is 4. The summed E-state index contributed by atoms with van der Waals surface area (Å²) in [6, 6.07) is 1.59. The molecule has 5 rings (SSSR count). The number of pyridine rings is 1. The van der Waals surface area contributed by atoms with Gasteiger partial charge in [-0.3, -0.25) is 28.8 Å². The van der Waals surface area contributed by atoms with Gasteiger partial charge in [0.05, 0.1) is 7.85 Å². The van der Waals surface area contributed by atoms with Crippen LogP contribution in [0.4, 0.5) is 5.69 Å². The molecular weight excluding hydrogens is 613 g/mol. The number of aromatic nitrogens is 1. The molecule has 3 aliphatic rings. The number of carbonyl (C=O) groups is 5. The van der Waals surface area contributed by atoms with Gasteiger partial charge in [-0.25, -0.2) is 0 Å². The quantitative estimate of drug-likeness (QED) is 0.213. The second kappa shape index (κ2) is 14.4. The third-order valence-corrected chi connectivity index (χ3v) is 9.97. The van der Waals surface area contributed by atoms with E-state index >= 15 is 0 Å². The Balaban J connectivity index is 1.28. The highest BCUT2D eigenvalue weighted by Crippen LogP contribution is 2.52. The van der Waals surface area contributed by atoms with Crippen molar-refractivity contribution in [3.8, 4) is 0 Å². The number of anilines is 1. The van der Waals surface area contributed by atoms with Gasteiger partial charge in [0.15, 0.2) is 5.76 Å². The topological polar surface area (TPSA) is 169 Å². The molecule has 2 fully saturated rings. The molecule has 254 valence electrons. The number of ketones is 1. The molecule has 2 heterocycles. The van der Waals surface area contributed by atoms with Crippen LogP contribution in [0.1, 0.15) is 86.2 Å². The third kappa shape index (κ3) is 7.82. The highest BCUT2D eigenvalue weighted by molar-refractivity contribution is 6.36. The van der Waals surface area contributed by atoms with Crippen molar-refractivity contribution in [2.24, 2.45) is 17.8 Å². The minimum absolute atomic E-state index is 0.0437. The third-order valence-electron chi connectivity index (χ3n) is 9.97. The average molecular weight is 658 g/mol. The van der Waals surface area contributed by atoms with Crippen molar-refractivity contribution in [3.05, 3.63) is 57.4 Å². The summed E-state index contributed by atoms with van der Waals surface area (Å²) in [6.45, 7) is 5.72. The van der Waals surface area contributed by atoms with E-state index in [0.29, 0.717) is 23.7 Å². The number of furan rings is 1. The van der Waals surface area contributed by atoms with E-state index in [2.05, 4.69) is 35.1 Å². The van der Waals surface area contributed by atoms with Crippen molar-refractivity contribution >= 4 is 49.0 Å². The van der Waals surface area contributed by atoms with Crippen LogP contribution < -0.4 is 26.8 Å². The number of nitrogens with one attached hydrogen (secondary N) is 4. The van der Waals surface area contributed by atoms with Crippen LogP contribution in [0.2, 0.25) is 5.31 Å². The Morgan fingerprint density at radius 2 is 1.94 bits per heavy atom. The molecular formula is C35H44BN5O7. The number of nitrogens with zero attached hydrogens (tertiary/aromatic N) is 1. The molecule has 2 aromatic rings. The first-order valence-electron chi connectivity index (χ1n) is 16.7. The Labute approximate surface area is 281 Å². The summed E-state index contributed by atoms with van der Waals surface area (Å²) >= 11 is 0. The molecule has 48 heavy (non-hydrogen) atoms. The van der Waals surface area contributed by atoms with Gasteiger partial charge in [-0.1, -0.05) is 38.1 Å². The number of Topliss-reactive ketones (excluding diaryl/α,β-unsaturated/α-hetero) is 1. The van der Waals surface area contributed by atoms with Crippen LogP contribution in [0.5, 0.6) is 0 Å². The highest BCUT2D eigenvalue weighted by atomic mass is 16.4. The van der Waals surface area contributed by atoms with Gasteiger partial charge < -0.3 is 30.3 Å². The first-order valence-corrected chi connectivity index (χ1v) is 16.7. The van der Waals surface area contributed by atoms with E-state index in [1.54, 1.807) is 13.0 Å². The molecule has 2 saturated carbocycles. The number of amides is 4. The van der Waals surface area contributed by atoms with Gasteiger partial charge in [0.2, 0.25) is 17.6 Å². The van der Waals surface area contributed by atoms with Gasteiger partial charge in [0, 0.05) is 36.8 Å². The van der Waals surface area contributed by atoms with E-state index in [4.69, 9.17) is 12.3 Å². The molecule has 2 radical (unpaired) electrons. The zero-order chi connectivity index (χ0) is 34.7. The summed E-state index contributed by atoms with van der Waals surface area (Å²) in [5.41, 5.74) is 0.838. The fourth-order valence-corrected chi connectivity index (χ4v) is 7.82. The zero-order valence-electron chi connectivity index (χ0n) is 28.0. The Hall–Kier alpha value is -4.42. The van der Waals surface area contributed by atoms with E-state index in [1.807, 2.05) is 6.08 Å². The lowest BCUT2D eigenvalue weighted by Crippen LogP contribution is -2.52. The number of fused-ring (bicyclic) bond motifs is 3. The summed E-state index contributed by atoms with van der Waals surface area (Å²) < 4.78 is 7.00. The lowest BCUT2D eigenvalue weighted by Gasteiger charge is -2.50. The Kier molecular flexibility index (Phi) is 10.5. The summed E-state index contributed by atoms with van der Waals surface area (Å²) in [5.74, 6) is -1.62. The summed E-state index contributed by atoms with van der Waals surface area (Å²) in [6.07, 6.45) is 10.0. The first kappa shape index (κ1) is 34.9.